The minimum atomic E-state index is 0.665. The van der Waals surface area contributed by atoms with Gasteiger partial charge in [-0.1, -0.05) is 35.9 Å². The van der Waals surface area contributed by atoms with Crippen LogP contribution in [0, 0.1) is 0 Å². The maximum atomic E-state index is 6.35. The van der Waals surface area contributed by atoms with Crippen molar-refractivity contribution in [2.45, 2.75) is 19.5 Å². The summed E-state index contributed by atoms with van der Waals surface area (Å²) in [6, 6.07) is 14.1. The zero-order valence-electron chi connectivity index (χ0n) is 14.8. The summed E-state index contributed by atoms with van der Waals surface area (Å²) in [5.41, 5.74) is 3.05. The molecule has 0 amide bonds. The second kappa shape index (κ2) is 8.29. The fourth-order valence-electron chi connectivity index (χ4n) is 3.18. The molecule has 0 unspecified atom stereocenters. The lowest BCUT2D eigenvalue weighted by Crippen LogP contribution is -2.26. The van der Waals surface area contributed by atoms with Gasteiger partial charge in [0.15, 0.2) is 0 Å². The lowest BCUT2D eigenvalue weighted by atomic mass is 10.1. The smallest absolute Gasteiger partial charge is 0.0921 e. The van der Waals surface area contributed by atoms with Crippen LogP contribution in [-0.4, -0.2) is 31.4 Å². The van der Waals surface area contributed by atoms with Crippen LogP contribution >= 0.6 is 11.6 Å². The van der Waals surface area contributed by atoms with Crippen LogP contribution in [0.2, 0.25) is 5.02 Å². The quantitative estimate of drug-likeness (QED) is 0.523. The number of aromatic nitrogens is 4. The van der Waals surface area contributed by atoms with Gasteiger partial charge in [0.1, 0.15) is 0 Å². The van der Waals surface area contributed by atoms with E-state index < -0.39 is 0 Å². The number of fused-ring (bicyclic) bond motifs is 1. The molecule has 0 saturated heterocycles. The van der Waals surface area contributed by atoms with Gasteiger partial charge in [-0.15, -0.1) is 0 Å². The van der Waals surface area contributed by atoms with Crippen LogP contribution < -0.4 is 0 Å². The molecule has 6 heteroatoms. The molecule has 3 aromatic heterocycles. The van der Waals surface area contributed by atoms with Crippen molar-refractivity contribution >= 4 is 22.4 Å². The average molecular weight is 378 g/mol. The van der Waals surface area contributed by atoms with Gasteiger partial charge in [-0.3, -0.25) is 14.9 Å². The summed E-state index contributed by atoms with van der Waals surface area (Å²) in [4.78, 5) is 18.7. The summed E-state index contributed by atoms with van der Waals surface area (Å²) in [6.45, 7) is 2.24. The van der Waals surface area contributed by atoms with E-state index in [1.807, 2.05) is 30.6 Å². The largest absolute Gasteiger partial charge is 0.348 e. The van der Waals surface area contributed by atoms with Gasteiger partial charge in [0.25, 0.3) is 0 Å². The van der Waals surface area contributed by atoms with E-state index in [1.165, 1.54) is 10.8 Å². The standard InChI is InChI=1S/C21H20ClN5/c22-19-6-3-9-24-21(19)14-27(11-8-17-12-23-15-26-17)13-20-18-5-2-1-4-16(18)7-10-25-20/h1-7,9-10,12,15H,8,11,13-14H2,(H,23,26). The summed E-state index contributed by atoms with van der Waals surface area (Å²) >= 11 is 6.35. The monoisotopic (exact) mass is 377 g/mol. The van der Waals surface area contributed by atoms with Gasteiger partial charge in [-0.25, -0.2) is 4.98 Å². The highest BCUT2D eigenvalue weighted by molar-refractivity contribution is 6.31. The highest BCUT2D eigenvalue weighted by Crippen LogP contribution is 2.20. The van der Waals surface area contributed by atoms with E-state index in [9.17, 15) is 0 Å². The van der Waals surface area contributed by atoms with E-state index in [0.717, 1.165) is 36.6 Å². The van der Waals surface area contributed by atoms with Crippen molar-refractivity contribution in [3.63, 3.8) is 0 Å². The molecule has 1 N–H and O–H groups in total. The first-order valence-electron chi connectivity index (χ1n) is 8.91. The van der Waals surface area contributed by atoms with E-state index in [0.29, 0.717) is 11.6 Å². The number of nitrogens with one attached hydrogen (secondary N) is 1. The normalized spacial score (nSPS) is 11.3. The van der Waals surface area contributed by atoms with E-state index >= 15 is 0 Å². The first-order chi connectivity index (χ1) is 13.3. The van der Waals surface area contributed by atoms with Gasteiger partial charge < -0.3 is 4.98 Å². The average Bonchev–Trinajstić information content (AvgIpc) is 3.22. The van der Waals surface area contributed by atoms with Crippen LogP contribution in [0.1, 0.15) is 17.1 Å². The number of rotatable bonds is 7. The Kier molecular flexibility index (Phi) is 5.42. The predicted octanol–water partition coefficient (Wildman–Crippen LogP) is 4.25. The van der Waals surface area contributed by atoms with E-state index in [1.54, 1.807) is 12.5 Å². The number of halogens is 1. The maximum Gasteiger partial charge on any atom is 0.0921 e. The Balaban J connectivity index is 1.59. The van der Waals surface area contributed by atoms with E-state index in [4.69, 9.17) is 11.6 Å². The molecule has 136 valence electrons. The molecular formula is C21H20ClN5. The lowest BCUT2D eigenvalue weighted by Gasteiger charge is -2.22. The summed E-state index contributed by atoms with van der Waals surface area (Å²) in [5, 5.41) is 3.07. The molecule has 0 bridgehead atoms. The number of imidazole rings is 1. The van der Waals surface area contributed by atoms with Gasteiger partial charge in [-0.2, -0.15) is 0 Å². The molecule has 0 aliphatic carbocycles. The molecule has 0 spiro atoms. The molecule has 0 aliphatic rings. The minimum absolute atomic E-state index is 0.665. The third kappa shape index (κ3) is 4.32. The number of hydrogen-bond donors (Lipinski definition) is 1. The number of nitrogens with zero attached hydrogens (tertiary/aromatic N) is 4. The maximum absolute atomic E-state index is 6.35. The van der Waals surface area contributed by atoms with Crippen LogP contribution in [0.25, 0.3) is 10.8 Å². The van der Waals surface area contributed by atoms with Gasteiger partial charge in [0, 0.05) is 55.7 Å². The van der Waals surface area contributed by atoms with E-state index in [-0.39, 0.29) is 0 Å². The van der Waals surface area contributed by atoms with Crippen molar-refractivity contribution in [2.24, 2.45) is 0 Å². The Morgan fingerprint density at radius 1 is 0.926 bits per heavy atom. The lowest BCUT2D eigenvalue weighted by molar-refractivity contribution is 0.254. The molecule has 27 heavy (non-hydrogen) atoms. The number of benzene rings is 1. The molecule has 1 aromatic carbocycles. The van der Waals surface area contributed by atoms with Crippen LogP contribution in [0.3, 0.4) is 0 Å². The Labute approximate surface area is 163 Å². The molecule has 4 aromatic rings. The topological polar surface area (TPSA) is 57.7 Å². The van der Waals surface area contributed by atoms with Crippen molar-refractivity contribution in [3.8, 4) is 0 Å². The van der Waals surface area contributed by atoms with Crippen LogP contribution in [-0.2, 0) is 19.5 Å². The molecule has 3 heterocycles. The predicted molar refractivity (Wildman–Crippen MR) is 107 cm³/mol. The van der Waals surface area contributed by atoms with Gasteiger partial charge >= 0.3 is 0 Å². The minimum Gasteiger partial charge on any atom is -0.348 e. The van der Waals surface area contributed by atoms with Crippen molar-refractivity contribution < 1.29 is 0 Å². The molecule has 0 radical (unpaired) electrons. The molecule has 0 aliphatic heterocycles. The summed E-state index contributed by atoms with van der Waals surface area (Å²) in [7, 11) is 0. The SMILES string of the molecule is Clc1cccnc1CN(CCc1cnc[nH]1)Cc1nccc2ccccc12. The number of aromatic amines is 1. The second-order valence-corrected chi connectivity index (χ2v) is 6.86. The molecule has 0 atom stereocenters. The Hall–Kier alpha value is -2.76. The number of H-pyrrole nitrogens is 1. The molecular weight excluding hydrogens is 358 g/mol. The van der Waals surface area contributed by atoms with Gasteiger partial charge in [-0.05, 0) is 23.6 Å². The zero-order valence-corrected chi connectivity index (χ0v) is 15.6. The van der Waals surface area contributed by atoms with Crippen LogP contribution in [0.5, 0.6) is 0 Å². The van der Waals surface area contributed by atoms with Crippen LogP contribution in [0.4, 0.5) is 0 Å². The zero-order chi connectivity index (χ0) is 18.5. The molecule has 4 rings (SSSR count). The third-order valence-electron chi connectivity index (χ3n) is 4.59. The summed E-state index contributed by atoms with van der Waals surface area (Å²) in [6.07, 6.45) is 8.10. The molecule has 0 fully saturated rings. The van der Waals surface area contributed by atoms with Crippen molar-refractivity contribution in [1.29, 1.82) is 0 Å². The Morgan fingerprint density at radius 3 is 2.63 bits per heavy atom. The highest BCUT2D eigenvalue weighted by Gasteiger charge is 2.13. The van der Waals surface area contributed by atoms with Crippen molar-refractivity contribution in [3.05, 3.63) is 89.5 Å². The summed E-state index contributed by atoms with van der Waals surface area (Å²) in [5.74, 6) is 0. The molecule has 5 nitrogen and oxygen atoms in total. The highest BCUT2D eigenvalue weighted by atomic mass is 35.5. The fraction of sp³-hybridized carbons (Fsp3) is 0.190. The molecule has 0 saturated carbocycles. The first kappa shape index (κ1) is 17.6. The first-order valence-corrected chi connectivity index (χ1v) is 9.29. The van der Waals surface area contributed by atoms with E-state index in [2.05, 4.69) is 49.1 Å². The van der Waals surface area contributed by atoms with Crippen molar-refractivity contribution in [1.82, 2.24) is 24.8 Å². The van der Waals surface area contributed by atoms with Gasteiger partial charge in [0.2, 0.25) is 0 Å². The number of pyridine rings is 2. The summed E-state index contributed by atoms with van der Waals surface area (Å²) < 4.78 is 0. The second-order valence-electron chi connectivity index (χ2n) is 6.45. The Morgan fingerprint density at radius 2 is 1.78 bits per heavy atom. The third-order valence-corrected chi connectivity index (χ3v) is 4.93. The fourth-order valence-corrected chi connectivity index (χ4v) is 3.36. The Bertz CT molecular complexity index is 1010. The van der Waals surface area contributed by atoms with Crippen molar-refractivity contribution in [2.75, 3.05) is 6.54 Å². The van der Waals surface area contributed by atoms with Gasteiger partial charge in [0.05, 0.1) is 22.7 Å². The number of hydrogen-bond acceptors (Lipinski definition) is 4. The van der Waals surface area contributed by atoms with Crippen LogP contribution in [0.15, 0.2) is 67.4 Å².